The van der Waals surface area contributed by atoms with Crippen molar-refractivity contribution in [2.75, 3.05) is 79.3 Å². The monoisotopic (exact) mass is 710 g/mol. The molecule has 272 valence electrons. The van der Waals surface area contributed by atoms with Crippen LogP contribution < -0.4 is 0 Å². The van der Waals surface area contributed by atoms with Crippen LogP contribution >= 0.6 is 0 Å². The van der Waals surface area contributed by atoms with Crippen LogP contribution in [-0.4, -0.2) is 79.3 Å². The van der Waals surface area contributed by atoms with E-state index in [1.807, 2.05) is 0 Å². The quantitative estimate of drug-likeness (QED) is 0.0513. The van der Waals surface area contributed by atoms with Crippen molar-refractivity contribution in [1.82, 2.24) is 0 Å². The molecule has 0 spiro atoms. The van der Waals surface area contributed by atoms with Crippen LogP contribution in [0, 0.1) is 0 Å². The Morgan fingerprint density at radius 1 is 0.245 bits per heavy atom. The molecule has 0 unspecified atom stereocenters. The van der Waals surface area contributed by atoms with Gasteiger partial charge < -0.3 is 33.2 Å². The van der Waals surface area contributed by atoms with Crippen LogP contribution in [-0.2, 0) is 46.4 Å². The fourth-order valence-corrected chi connectivity index (χ4v) is 7.42. The Hall–Kier alpha value is -4.44. The third-order valence-electron chi connectivity index (χ3n) is 9.99. The van der Waals surface area contributed by atoms with Gasteiger partial charge in [-0.3, -0.25) is 0 Å². The molecule has 8 aromatic rings. The van der Waals surface area contributed by atoms with Gasteiger partial charge in [0.25, 0.3) is 0 Å². The van der Waals surface area contributed by atoms with E-state index in [9.17, 15) is 0 Å². The minimum absolute atomic E-state index is 0.520. The van der Waals surface area contributed by atoms with E-state index in [2.05, 4.69) is 109 Å². The van der Waals surface area contributed by atoms with Gasteiger partial charge in [0.2, 0.25) is 0 Å². The molecule has 8 rings (SSSR count). The maximum atomic E-state index is 5.97. The first-order valence-electron chi connectivity index (χ1n) is 18.7. The van der Waals surface area contributed by atoms with E-state index in [1.165, 1.54) is 75.8 Å². The smallest absolute Gasteiger partial charge is 0.0724 e. The Bertz CT molecular complexity index is 2170. The molecule has 53 heavy (non-hydrogen) atoms. The van der Waals surface area contributed by atoms with E-state index in [1.54, 1.807) is 0 Å². The molecule has 7 nitrogen and oxygen atoms in total. The fourth-order valence-electron chi connectivity index (χ4n) is 7.42. The molecule has 0 amide bonds. The lowest BCUT2D eigenvalue weighted by molar-refractivity contribution is -0.0217. The molecule has 0 radical (unpaired) electrons. The maximum absolute atomic E-state index is 5.97. The molecule has 0 atom stereocenters. The summed E-state index contributed by atoms with van der Waals surface area (Å²) >= 11 is 0. The van der Waals surface area contributed by atoms with Crippen molar-refractivity contribution in [1.29, 1.82) is 0 Å². The second kappa shape index (κ2) is 17.6. The molecule has 0 aliphatic heterocycles. The number of benzene rings is 8. The first-order valence-corrected chi connectivity index (χ1v) is 18.7. The standard InChI is InChI=1S/C46H46O7/c1-3-33-7-9-37-11-13-39(41-17-15-35(5-1)43(33)45(37)41)31-52-29-27-50-25-23-48-21-19-47-20-22-49-24-26-51-28-30-53-32-40-14-12-38-10-8-34-4-2-6-36-16-18-42(40)46(38)44(34)36/h1-18H,19-32H2. The van der Waals surface area contributed by atoms with Crippen molar-refractivity contribution in [2.45, 2.75) is 13.2 Å². The van der Waals surface area contributed by atoms with Crippen molar-refractivity contribution >= 4 is 64.6 Å². The second-order valence-corrected chi connectivity index (χ2v) is 13.3. The summed E-state index contributed by atoms with van der Waals surface area (Å²) in [6.07, 6.45) is 0. The number of rotatable bonds is 22. The van der Waals surface area contributed by atoms with Gasteiger partial charge in [0.05, 0.1) is 92.5 Å². The van der Waals surface area contributed by atoms with Crippen LogP contribution in [0.4, 0.5) is 0 Å². The van der Waals surface area contributed by atoms with Crippen LogP contribution in [0.3, 0.4) is 0 Å². The van der Waals surface area contributed by atoms with Gasteiger partial charge >= 0.3 is 0 Å². The largest absolute Gasteiger partial charge is 0.377 e. The summed E-state index contributed by atoms with van der Waals surface area (Å²) in [5.41, 5.74) is 2.40. The molecule has 8 aromatic carbocycles. The van der Waals surface area contributed by atoms with Crippen molar-refractivity contribution < 1.29 is 33.2 Å². The third-order valence-corrected chi connectivity index (χ3v) is 9.99. The Labute approximate surface area is 309 Å². The molecule has 0 aliphatic carbocycles. The molecular formula is C46H46O7. The zero-order chi connectivity index (χ0) is 35.7. The summed E-state index contributed by atoms with van der Waals surface area (Å²) in [5.74, 6) is 0. The lowest BCUT2D eigenvalue weighted by Gasteiger charge is -2.14. The highest BCUT2D eigenvalue weighted by molar-refractivity contribution is 6.24. The molecule has 0 aliphatic rings. The van der Waals surface area contributed by atoms with E-state index in [-0.39, 0.29) is 0 Å². The highest BCUT2D eigenvalue weighted by Gasteiger charge is 2.12. The minimum atomic E-state index is 0.520. The molecule has 0 bridgehead atoms. The summed E-state index contributed by atoms with van der Waals surface area (Å²) in [6, 6.07) is 39.4. The number of hydrogen-bond acceptors (Lipinski definition) is 7. The Morgan fingerprint density at radius 2 is 0.509 bits per heavy atom. The molecule has 0 fully saturated rings. The number of hydrogen-bond donors (Lipinski definition) is 0. The third kappa shape index (κ3) is 8.22. The molecule has 7 heteroatoms. The lowest BCUT2D eigenvalue weighted by Crippen LogP contribution is -2.14. The molecule has 0 saturated heterocycles. The summed E-state index contributed by atoms with van der Waals surface area (Å²) < 4.78 is 40.2. The van der Waals surface area contributed by atoms with Gasteiger partial charge in [-0.1, -0.05) is 109 Å². The Balaban J connectivity index is 0.611. The summed E-state index contributed by atoms with van der Waals surface area (Å²) in [4.78, 5) is 0. The van der Waals surface area contributed by atoms with Crippen molar-refractivity contribution in [3.8, 4) is 0 Å². The zero-order valence-electron chi connectivity index (χ0n) is 30.1. The van der Waals surface area contributed by atoms with Gasteiger partial charge in [0, 0.05) is 0 Å². The van der Waals surface area contributed by atoms with Gasteiger partial charge in [-0.25, -0.2) is 0 Å². The fraction of sp³-hybridized carbons (Fsp3) is 0.304. The zero-order valence-corrected chi connectivity index (χ0v) is 30.1. The molecule has 0 aromatic heterocycles. The maximum Gasteiger partial charge on any atom is 0.0724 e. The van der Waals surface area contributed by atoms with Crippen molar-refractivity contribution in [3.63, 3.8) is 0 Å². The minimum Gasteiger partial charge on any atom is -0.377 e. The van der Waals surface area contributed by atoms with E-state index in [0.717, 1.165) is 0 Å². The van der Waals surface area contributed by atoms with Crippen LogP contribution in [0.5, 0.6) is 0 Å². The summed E-state index contributed by atoms with van der Waals surface area (Å²) in [6.45, 7) is 7.42. The highest BCUT2D eigenvalue weighted by Crippen LogP contribution is 2.37. The van der Waals surface area contributed by atoms with Crippen molar-refractivity contribution in [3.05, 3.63) is 120 Å². The summed E-state index contributed by atoms with van der Waals surface area (Å²) in [5, 5.41) is 15.5. The van der Waals surface area contributed by atoms with E-state index < -0.39 is 0 Å². The van der Waals surface area contributed by atoms with Gasteiger partial charge in [-0.05, 0) is 75.8 Å². The predicted octanol–water partition coefficient (Wildman–Crippen LogP) is 9.30. The van der Waals surface area contributed by atoms with Gasteiger partial charge in [-0.2, -0.15) is 0 Å². The average molecular weight is 711 g/mol. The molecule has 0 saturated carbocycles. The molecular weight excluding hydrogens is 664 g/mol. The predicted molar refractivity (Wildman–Crippen MR) is 214 cm³/mol. The Kier molecular flexibility index (Phi) is 11.8. The van der Waals surface area contributed by atoms with Crippen molar-refractivity contribution in [2.24, 2.45) is 0 Å². The second-order valence-electron chi connectivity index (χ2n) is 13.3. The van der Waals surface area contributed by atoms with Crippen LogP contribution in [0.15, 0.2) is 109 Å². The topological polar surface area (TPSA) is 64.6 Å². The van der Waals surface area contributed by atoms with Gasteiger partial charge in [0.1, 0.15) is 0 Å². The van der Waals surface area contributed by atoms with Crippen LogP contribution in [0.2, 0.25) is 0 Å². The molecule has 0 heterocycles. The SMILES string of the molecule is c1cc2ccc3ccc(COCCOCCOCCOCCOCCOCCOCc4ccc5ccc6cccc7ccc4c5c67)c4ccc(c1)c2c34. The summed E-state index contributed by atoms with van der Waals surface area (Å²) in [7, 11) is 0. The van der Waals surface area contributed by atoms with E-state index >= 15 is 0 Å². The van der Waals surface area contributed by atoms with Gasteiger partial charge in [0.15, 0.2) is 0 Å². The average Bonchev–Trinajstić information content (AvgIpc) is 3.20. The van der Waals surface area contributed by atoms with Crippen LogP contribution in [0.25, 0.3) is 64.6 Å². The van der Waals surface area contributed by atoms with E-state index in [4.69, 9.17) is 33.2 Å². The van der Waals surface area contributed by atoms with Gasteiger partial charge in [-0.15, -0.1) is 0 Å². The first-order chi connectivity index (χ1) is 26.3. The Morgan fingerprint density at radius 3 is 0.849 bits per heavy atom. The number of ether oxygens (including phenoxy) is 7. The highest BCUT2D eigenvalue weighted by atomic mass is 16.6. The lowest BCUT2D eigenvalue weighted by atomic mass is 9.92. The molecule has 0 N–H and O–H groups in total. The first kappa shape index (κ1) is 35.6. The normalized spacial score (nSPS) is 12.2. The van der Waals surface area contributed by atoms with Crippen LogP contribution in [0.1, 0.15) is 11.1 Å². The van der Waals surface area contributed by atoms with E-state index in [0.29, 0.717) is 92.5 Å².